The van der Waals surface area contributed by atoms with Gasteiger partial charge in [-0.25, -0.2) is 35.1 Å². The van der Waals surface area contributed by atoms with E-state index in [4.69, 9.17) is 0 Å². The van der Waals surface area contributed by atoms with Crippen molar-refractivity contribution in [3.05, 3.63) is 124 Å². The molecule has 1 fully saturated rings. The first-order chi connectivity index (χ1) is 20.3. The van der Waals surface area contributed by atoms with Crippen LogP contribution < -0.4 is 4.74 Å². The molecule has 2 aliphatic rings. The van der Waals surface area contributed by atoms with Crippen LogP contribution in [0.3, 0.4) is 0 Å². The molecule has 4 aromatic carbocycles. The third-order valence-corrected chi connectivity index (χ3v) is 8.00. The molecule has 1 saturated carbocycles. The monoisotopic (exact) mass is 608 g/mol. The molecule has 11 heteroatoms. The van der Waals surface area contributed by atoms with Crippen LogP contribution in [0, 0.1) is 52.5 Å². The van der Waals surface area contributed by atoms with Crippen molar-refractivity contribution in [3.8, 4) is 28.0 Å². The molecule has 2 atom stereocenters. The molecule has 1 unspecified atom stereocenters. The quantitative estimate of drug-likeness (QED) is 0.120. The molecule has 0 saturated heterocycles. The molecule has 0 spiro atoms. The third kappa shape index (κ3) is 4.94. The van der Waals surface area contributed by atoms with E-state index in [0.717, 1.165) is 37.0 Å². The first-order valence-electron chi connectivity index (χ1n) is 13.0. The summed E-state index contributed by atoms with van der Waals surface area (Å²) in [6.45, 7) is 0. The summed E-state index contributed by atoms with van der Waals surface area (Å²) < 4.78 is 148. The lowest BCUT2D eigenvalue weighted by Gasteiger charge is -2.24. The number of allylic oxidation sites excluding steroid dienone is 2. The standard InChI is InChI=1S/C32H18F10O/c33-21-11-18(31-5-3-15(14-31)4-6-31)1-2-20(21)16-7-22(34)28(23(35)8-16)17-9-24(36)29(25(37)10-17)32(41,42)43-19-12-26(38)30(40)27(39)13-19/h1-3,5,7-13,15H,4,6,14H2/t15?,31-/m0/s1. The Morgan fingerprint density at radius 1 is 0.674 bits per heavy atom. The van der Waals surface area contributed by atoms with Gasteiger partial charge in [0.25, 0.3) is 0 Å². The summed E-state index contributed by atoms with van der Waals surface area (Å²) in [5.74, 6) is -14.1. The molecule has 0 N–H and O–H groups in total. The molecule has 0 aromatic heterocycles. The topological polar surface area (TPSA) is 9.23 Å². The molecule has 222 valence electrons. The molecule has 1 nitrogen and oxygen atoms in total. The fourth-order valence-electron chi connectivity index (χ4n) is 5.96. The van der Waals surface area contributed by atoms with Gasteiger partial charge in [-0.1, -0.05) is 24.3 Å². The summed E-state index contributed by atoms with van der Waals surface area (Å²) in [6, 6.07) is 6.37. The van der Waals surface area contributed by atoms with Gasteiger partial charge in [0, 0.05) is 23.1 Å². The van der Waals surface area contributed by atoms with Crippen LogP contribution in [-0.2, 0) is 11.5 Å². The number of halogens is 10. The smallest absolute Gasteiger partial charge is 0.429 e. The maximum absolute atomic E-state index is 15.2. The van der Waals surface area contributed by atoms with Gasteiger partial charge in [0.05, 0.1) is 5.56 Å². The zero-order chi connectivity index (χ0) is 30.8. The molecule has 2 aliphatic carbocycles. The molecule has 4 aromatic rings. The summed E-state index contributed by atoms with van der Waals surface area (Å²) in [5, 5.41) is 0. The van der Waals surface area contributed by atoms with Gasteiger partial charge in [0.2, 0.25) is 0 Å². The molecule has 0 heterocycles. The van der Waals surface area contributed by atoms with Crippen LogP contribution in [0.4, 0.5) is 43.9 Å². The van der Waals surface area contributed by atoms with Crippen molar-refractivity contribution in [2.45, 2.75) is 30.8 Å². The van der Waals surface area contributed by atoms with E-state index < -0.39 is 75.1 Å². The lowest BCUT2D eigenvalue weighted by atomic mass is 9.79. The molecular formula is C32H18F10O. The van der Waals surface area contributed by atoms with Crippen molar-refractivity contribution >= 4 is 0 Å². The second kappa shape index (κ2) is 10.2. The maximum atomic E-state index is 15.2. The Hall–Kier alpha value is -4.28. The molecule has 43 heavy (non-hydrogen) atoms. The fraction of sp³-hybridized carbons (Fsp3) is 0.188. The van der Waals surface area contributed by atoms with Crippen LogP contribution in [0.5, 0.6) is 5.75 Å². The Morgan fingerprint density at radius 2 is 1.28 bits per heavy atom. The van der Waals surface area contributed by atoms with E-state index in [9.17, 15) is 30.7 Å². The first-order valence-corrected chi connectivity index (χ1v) is 13.0. The summed E-state index contributed by atoms with van der Waals surface area (Å²) in [4.78, 5) is 0. The molecule has 0 amide bonds. The molecular weight excluding hydrogens is 590 g/mol. The van der Waals surface area contributed by atoms with E-state index in [1.54, 1.807) is 6.07 Å². The van der Waals surface area contributed by atoms with Gasteiger partial charge in [-0.05, 0) is 72.2 Å². The molecule has 0 radical (unpaired) electrons. The van der Waals surface area contributed by atoms with Crippen LogP contribution in [0.25, 0.3) is 22.3 Å². The minimum absolute atomic E-state index is 0.0364. The van der Waals surface area contributed by atoms with E-state index in [1.807, 2.05) is 0 Å². The van der Waals surface area contributed by atoms with Gasteiger partial charge in [-0.2, -0.15) is 8.78 Å². The highest BCUT2D eigenvalue weighted by Crippen LogP contribution is 2.51. The number of ether oxygens (including phenoxy) is 1. The largest absolute Gasteiger partial charge is 0.432 e. The number of alkyl halides is 2. The normalized spacial score (nSPS) is 19.3. The summed E-state index contributed by atoms with van der Waals surface area (Å²) in [6.07, 6.45) is 1.96. The third-order valence-electron chi connectivity index (χ3n) is 8.00. The zero-order valence-electron chi connectivity index (χ0n) is 21.7. The van der Waals surface area contributed by atoms with Gasteiger partial charge in [0.1, 0.15) is 40.4 Å². The average molecular weight is 608 g/mol. The Bertz CT molecular complexity index is 1750. The second-order valence-corrected chi connectivity index (χ2v) is 10.7. The predicted molar refractivity (Wildman–Crippen MR) is 136 cm³/mol. The second-order valence-electron chi connectivity index (χ2n) is 10.7. The van der Waals surface area contributed by atoms with E-state index in [0.29, 0.717) is 5.92 Å². The van der Waals surface area contributed by atoms with Crippen molar-refractivity contribution in [2.75, 3.05) is 0 Å². The van der Waals surface area contributed by atoms with E-state index in [-0.39, 0.29) is 40.8 Å². The van der Waals surface area contributed by atoms with Gasteiger partial charge in [-0.15, -0.1) is 0 Å². The van der Waals surface area contributed by atoms with Crippen LogP contribution >= 0.6 is 0 Å². The first kappa shape index (κ1) is 28.8. The number of hydrogen-bond acceptors (Lipinski definition) is 1. The lowest BCUT2D eigenvalue weighted by Crippen LogP contribution is -2.25. The minimum atomic E-state index is -4.89. The van der Waals surface area contributed by atoms with Crippen molar-refractivity contribution in [2.24, 2.45) is 5.92 Å². The van der Waals surface area contributed by atoms with Gasteiger partial charge in [0.15, 0.2) is 17.5 Å². The molecule has 0 aliphatic heterocycles. The minimum Gasteiger partial charge on any atom is -0.429 e. The number of benzene rings is 4. The summed E-state index contributed by atoms with van der Waals surface area (Å²) in [5.41, 5.74) is -3.70. The van der Waals surface area contributed by atoms with Gasteiger partial charge < -0.3 is 4.74 Å². The fourth-order valence-corrected chi connectivity index (χ4v) is 5.96. The lowest BCUT2D eigenvalue weighted by molar-refractivity contribution is -0.189. The van der Waals surface area contributed by atoms with Crippen LogP contribution in [-0.4, -0.2) is 0 Å². The number of hydrogen-bond donors (Lipinski definition) is 0. The average Bonchev–Trinajstić information content (AvgIpc) is 3.53. The maximum Gasteiger partial charge on any atom is 0.432 e. The predicted octanol–water partition coefficient (Wildman–Crippen LogP) is 9.87. The van der Waals surface area contributed by atoms with Crippen LogP contribution in [0.1, 0.15) is 30.4 Å². The molecule has 6 rings (SSSR count). The van der Waals surface area contributed by atoms with E-state index in [1.165, 1.54) is 12.1 Å². The Morgan fingerprint density at radius 3 is 1.79 bits per heavy atom. The van der Waals surface area contributed by atoms with Crippen molar-refractivity contribution < 1.29 is 48.6 Å². The Kier molecular flexibility index (Phi) is 6.82. The highest BCUT2D eigenvalue weighted by molar-refractivity contribution is 5.73. The SMILES string of the molecule is Fc1cc([C@@]23C=CC(CC2)C3)ccc1-c1cc(F)c(-c2cc(F)c(C(F)(F)Oc3cc(F)c(F)c(F)c3)c(F)c2)c(F)c1. The van der Waals surface area contributed by atoms with Crippen molar-refractivity contribution in [1.82, 2.24) is 0 Å². The Balaban J connectivity index is 1.31. The summed E-state index contributed by atoms with van der Waals surface area (Å²) >= 11 is 0. The van der Waals surface area contributed by atoms with Gasteiger partial charge >= 0.3 is 6.11 Å². The number of fused-ring (bicyclic) bond motifs is 2. The summed E-state index contributed by atoms with van der Waals surface area (Å²) in [7, 11) is 0. The van der Waals surface area contributed by atoms with Crippen LogP contribution in [0.15, 0.2) is 66.7 Å². The molecule has 2 bridgehead atoms. The van der Waals surface area contributed by atoms with Gasteiger partial charge in [-0.3, -0.25) is 0 Å². The highest BCUT2D eigenvalue weighted by atomic mass is 19.3. The van der Waals surface area contributed by atoms with E-state index >= 15 is 13.2 Å². The van der Waals surface area contributed by atoms with E-state index in [2.05, 4.69) is 16.9 Å². The van der Waals surface area contributed by atoms with Crippen molar-refractivity contribution in [1.29, 1.82) is 0 Å². The Labute approximate surface area is 238 Å². The zero-order valence-corrected chi connectivity index (χ0v) is 21.7. The van der Waals surface area contributed by atoms with Crippen molar-refractivity contribution in [3.63, 3.8) is 0 Å². The highest BCUT2D eigenvalue weighted by Gasteiger charge is 2.43. The number of rotatable bonds is 6. The van der Waals surface area contributed by atoms with Crippen LogP contribution in [0.2, 0.25) is 0 Å².